The molecular formula is C25H25FN4O3. The van der Waals surface area contributed by atoms with Gasteiger partial charge in [-0.1, -0.05) is 18.2 Å². The van der Waals surface area contributed by atoms with Gasteiger partial charge in [0.25, 0.3) is 11.8 Å². The van der Waals surface area contributed by atoms with Gasteiger partial charge in [-0.3, -0.25) is 9.59 Å². The van der Waals surface area contributed by atoms with E-state index in [-0.39, 0.29) is 30.4 Å². The van der Waals surface area contributed by atoms with Crippen molar-refractivity contribution in [3.05, 3.63) is 95.3 Å². The van der Waals surface area contributed by atoms with E-state index in [9.17, 15) is 18.8 Å². The van der Waals surface area contributed by atoms with E-state index in [2.05, 4.69) is 21.3 Å². The highest BCUT2D eigenvalue weighted by atomic mass is 19.1. The molecule has 7 nitrogen and oxygen atoms in total. The van der Waals surface area contributed by atoms with Gasteiger partial charge in [-0.25, -0.2) is 9.18 Å². The molecule has 0 saturated heterocycles. The number of urea groups is 1. The highest BCUT2D eigenvalue weighted by Gasteiger charge is 2.10. The third-order valence-corrected chi connectivity index (χ3v) is 4.55. The maximum atomic E-state index is 13.0. The Kier molecular flexibility index (Phi) is 7.75. The largest absolute Gasteiger partial charge is 0.348 e. The number of hydrogen-bond acceptors (Lipinski definition) is 3. The Morgan fingerprint density at radius 3 is 2.15 bits per heavy atom. The van der Waals surface area contributed by atoms with E-state index >= 15 is 0 Å². The van der Waals surface area contributed by atoms with Crippen molar-refractivity contribution in [3.8, 4) is 0 Å². The smallest absolute Gasteiger partial charge is 0.319 e. The first-order valence-corrected chi connectivity index (χ1v) is 10.4. The van der Waals surface area contributed by atoms with E-state index in [0.717, 1.165) is 5.56 Å². The molecule has 0 radical (unpaired) electrons. The molecule has 8 heteroatoms. The molecule has 170 valence electrons. The van der Waals surface area contributed by atoms with Gasteiger partial charge in [0, 0.05) is 35.1 Å². The van der Waals surface area contributed by atoms with E-state index in [1.165, 1.54) is 24.3 Å². The van der Waals surface area contributed by atoms with E-state index in [4.69, 9.17) is 0 Å². The second-order valence-electron chi connectivity index (χ2n) is 7.68. The summed E-state index contributed by atoms with van der Waals surface area (Å²) in [5.74, 6) is -1.07. The average molecular weight is 448 g/mol. The first-order chi connectivity index (χ1) is 15.8. The number of nitrogens with one attached hydrogen (secondary N) is 4. The van der Waals surface area contributed by atoms with Crippen LogP contribution in [0, 0.1) is 5.82 Å². The Morgan fingerprint density at radius 1 is 0.788 bits per heavy atom. The van der Waals surface area contributed by atoms with Crippen molar-refractivity contribution < 1.29 is 18.8 Å². The molecule has 0 aliphatic heterocycles. The summed E-state index contributed by atoms with van der Waals surface area (Å²) in [5, 5.41) is 11.0. The first-order valence-electron chi connectivity index (χ1n) is 10.4. The molecule has 3 aromatic carbocycles. The zero-order valence-corrected chi connectivity index (χ0v) is 18.3. The lowest BCUT2D eigenvalue weighted by molar-refractivity contribution is 0.0950. The number of hydrogen-bond donors (Lipinski definition) is 4. The first kappa shape index (κ1) is 23.5. The third kappa shape index (κ3) is 7.17. The van der Waals surface area contributed by atoms with Crippen LogP contribution in [0.3, 0.4) is 0 Å². The van der Waals surface area contributed by atoms with E-state index in [0.29, 0.717) is 22.5 Å². The van der Waals surface area contributed by atoms with Crippen LogP contribution in [0.4, 0.5) is 20.6 Å². The van der Waals surface area contributed by atoms with Crippen LogP contribution in [0.1, 0.15) is 40.1 Å². The van der Waals surface area contributed by atoms with Gasteiger partial charge in [-0.05, 0) is 74.0 Å². The molecule has 3 rings (SSSR count). The maximum Gasteiger partial charge on any atom is 0.319 e. The molecule has 0 heterocycles. The van der Waals surface area contributed by atoms with Crippen molar-refractivity contribution in [2.45, 2.75) is 26.4 Å². The minimum Gasteiger partial charge on any atom is -0.348 e. The van der Waals surface area contributed by atoms with Gasteiger partial charge >= 0.3 is 6.03 Å². The fourth-order valence-corrected chi connectivity index (χ4v) is 3.02. The SMILES string of the molecule is CC(C)NC(=O)Nc1cccc(C(=O)NCc2cccc(NC(=O)c3ccc(F)cc3)c2)c1. The second kappa shape index (κ2) is 10.9. The fourth-order valence-electron chi connectivity index (χ4n) is 3.02. The summed E-state index contributed by atoms with van der Waals surface area (Å²) >= 11 is 0. The maximum absolute atomic E-state index is 13.0. The van der Waals surface area contributed by atoms with Gasteiger partial charge in [-0.15, -0.1) is 0 Å². The monoisotopic (exact) mass is 448 g/mol. The molecule has 4 amide bonds. The molecule has 0 unspecified atom stereocenters. The number of amides is 4. The zero-order valence-electron chi connectivity index (χ0n) is 18.3. The van der Waals surface area contributed by atoms with Crippen LogP contribution in [0.2, 0.25) is 0 Å². The molecular weight excluding hydrogens is 423 g/mol. The molecule has 4 N–H and O–H groups in total. The minimum atomic E-state index is -0.413. The third-order valence-electron chi connectivity index (χ3n) is 4.55. The highest BCUT2D eigenvalue weighted by molar-refractivity contribution is 6.04. The Balaban J connectivity index is 1.58. The number of rotatable bonds is 7. The predicted octanol–water partition coefficient (Wildman–Crippen LogP) is 4.54. The van der Waals surface area contributed by atoms with Crippen molar-refractivity contribution in [2.24, 2.45) is 0 Å². The average Bonchev–Trinajstić information content (AvgIpc) is 2.77. The van der Waals surface area contributed by atoms with Gasteiger partial charge in [0.15, 0.2) is 0 Å². The summed E-state index contributed by atoms with van der Waals surface area (Å²) in [6, 6.07) is 18.6. The quantitative estimate of drug-likeness (QED) is 0.427. The standard InChI is InChI=1S/C25H25FN4O3/c1-16(2)28-25(33)30-22-8-4-6-19(14-22)23(31)27-15-17-5-3-7-21(13-17)29-24(32)18-9-11-20(26)12-10-18/h3-14,16H,15H2,1-2H3,(H,27,31)(H,29,32)(H2,28,30,33). The van der Waals surface area contributed by atoms with Crippen LogP contribution in [-0.2, 0) is 6.54 Å². The molecule has 0 bridgehead atoms. The Morgan fingerprint density at radius 2 is 1.45 bits per heavy atom. The molecule has 0 fully saturated rings. The summed E-state index contributed by atoms with van der Waals surface area (Å²) in [6.07, 6.45) is 0. The number of carbonyl (C=O) groups excluding carboxylic acids is 3. The van der Waals surface area contributed by atoms with E-state index < -0.39 is 5.82 Å². The molecule has 0 aliphatic rings. The number of carbonyl (C=O) groups is 3. The Hall–Kier alpha value is -4.20. The Bertz CT molecular complexity index is 1150. The van der Waals surface area contributed by atoms with Gasteiger partial charge < -0.3 is 21.3 Å². The normalized spacial score (nSPS) is 10.4. The van der Waals surface area contributed by atoms with Crippen LogP contribution < -0.4 is 21.3 Å². The molecule has 0 spiro atoms. The summed E-state index contributed by atoms with van der Waals surface area (Å²) < 4.78 is 13.0. The topological polar surface area (TPSA) is 99.3 Å². The predicted molar refractivity (Wildman–Crippen MR) is 126 cm³/mol. The molecule has 0 aliphatic carbocycles. The lowest BCUT2D eigenvalue weighted by Gasteiger charge is -2.11. The summed E-state index contributed by atoms with van der Waals surface area (Å²) in [6.45, 7) is 3.95. The number of anilines is 2. The van der Waals surface area contributed by atoms with Gasteiger partial charge in [0.1, 0.15) is 5.82 Å². The van der Waals surface area contributed by atoms with Crippen molar-refractivity contribution in [1.82, 2.24) is 10.6 Å². The summed E-state index contributed by atoms with van der Waals surface area (Å²) in [4.78, 5) is 36.7. The minimum absolute atomic E-state index is 0.00674. The zero-order chi connectivity index (χ0) is 23.8. The number of halogens is 1. The van der Waals surface area contributed by atoms with Crippen LogP contribution in [0.5, 0.6) is 0 Å². The van der Waals surface area contributed by atoms with Crippen molar-refractivity contribution in [2.75, 3.05) is 10.6 Å². The van der Waals surface area contributed by atoms with Gasteiger partial charge in [0.2, 0.25) is 0 Å². The van der Waals surface area contributed by atoms with Gasteiger partial charge in [-0.2, -0.15) is 0 Å². The molecule has 0 aromatic heterocycles. The van der Waals surface area contributed by atoms with E-state index in [1.807, 2.05) is 19.9 Å². The van der Waals surface area contributed by atoms with Crippen molar-refractivity contribution in [3.63, 3.8) is 0 Å². The molecule has 3 aromatic rings. The fraction of sp³-hybridized carbons (Fsp3) is 0.160. The van der Waals surface area contributed by atoms with Crippen LogP contribution in [-0.4, -0.2) is 23.9 Å². The second-order valence-corrected chi connectivity index (χ2v) is 7.68. The van der Waals surface area contributed by atoms with Crippen molar-refractivity contribution >= 4 is 29.2 Å². The van der Waals surface area contributed by atoms with Crippen LogP contribution >= 0.6 is 0 Å². The molecule has 33 heavy (non-hydrogen) atoms. The summed E-state index contributed by atoms with van der Waals surface area (Å²) in [5.41, 5.74) is 2.58. The van der Waals surface area contributed by atoms with E-state index in [1.54, 1.807) is 42.5 Å². The highest BCUT2D eigenvalue weighted by Crippen LogP contribution is 2.14. The molecule has 0 atom stereocenters. The lowest BCUT2D eigenvalue weighted by atomic mass is 10.1. The van der Waals surface area contributed by atoms with Crippen LogP contribution in [0.25, 0.3) is 0 Å². The Labute approximate surface area is 191 Å². The lowest BCUT2D eigenvalue weighted by Crippen LogP contribution is -2.34. The van der Waals surface area contributed by atoms with Gasteiger partial charge in [0.05, 0.1) is 0 Å². The van der Waals surface area contributed by atoms with Crippen LogP contribution in [0.15, 0.2) is 72.8 Å². The van der Waals surface area contributed by atoms with Crippen molar-refractivity contribution in [1.29, 1.82) is 0 Å². The number of benzene rings is 3. The summed E-state index contributed by atoms with van der Waals surface area (Å²) in [7, 11) is 0. The molecule has 0 saturated carbocycles.